The van der Waals surface area contributed by atoms with Crippen LogP contribution < -0.4 is 10.3 Å². The van der Waals surface area contributed by atoms with Crippen LogP contribution in [0.3, 0.4) is 0 Å². The van der Waals surface area contributed by atoms with Gasteiger partial charge in [0.2, 0.25) is 5.91 Å². The summed E-state index contributed by atoms with van der Waals surface area (Å²) in [7, 11) is 0. The molecule has 1 amide bonds. The Kier molecular flexibility index (Phi) is 5.65. The van der Waals surface area contributed by atoms with Crippen LogP contribution in [0.25, 0.3) is 0 Å². The molecule has 0 saturated carbocycles. The van der Waals surface area contributed by atoms with E-state index in [4.69, 9.17) is 4.42 Å². The number of anilines is 1. The van der Waals surface area contributed by atoms with Crippen LogP contribution in [0.5, 0.6) is 0 Å². The number of hydrogen-bond donors (Lipinski definition) is 1. The van der Waals surface area contributed by atoms with Crippen molar-refractivity contribution in [2.75, 3.05) is 18.0 Å². The van der Waals surface area contributed by atoms with E-state index in [1.54, 1.807) is 6.21 Å². The largest absolute Gasteiger partial charge is 0.440 e. The monoisotopic (exact) mass is 277 g/mol. The van der Waals surface area contributed by atoms with Crippen molar-refractivity contribution in [3.05, 3.63) is 17.9 Å². The molecule has 0 aliphatic carbocycles. The number of hydrazone groups is 1. The topological polar surface area (TPSA) is 57.8 Å². The van der Waals surface area contributed by atoms with Crippen molar-refractivity contribution in [3.8, 4) is 0 Å². The van der Waals surface area contributed by atoms with E-state index in [-0.39, 0.29) is 5.91 Å². The number of carbonyl (C=O) groups is 1. The summed E-state index contributed by atoms with van der Waals surface area (Å²) in [6.45, 7) is 4.16. The molecule has 2 rings (SSSR count). The highest BCUT2D eigenvalue weighted by molar-refractivity contribution is 5.80. The molecule has 1 aliphatic heterocycles. The highest BCUT2D eigenvalue weighted by Gasteiger charge is 2.13. The molecule has 0 radical (unpaired) electrons. The second kappa shape index (κ2) is 7.72. The van der Waals surface area contributed by atoms with Gasteiger partial charge in [-0.05, 0) is 31.7 Å². The van der Waals surface area contributed by atoms with E-state index in [0.717, 1.165) is 31.8 Å². The Bertz CT molecular complexity index is 448. The predicted octanol–water partition coefficient (Wildman–Crippen LogP) is 2.91. The molecule has 1 aliphatic rings. The zero-order valence-electron chi connectivity index (χ0n) is 12.1. The van der Waals surface area contributed by atoms with Crippen LogP contribution in [0.15, 0.2) is 21.7 Å². The fourth-order valence-electron chi connectivity index (χ4n) is 2.26. The number of nitrogens with zero attached hydrogens (tertiary/aromatic N) is 2. The molecule has 1 aromatic rings. The number of unbranched alkanes of at least 4 members (excludes halogenated alkanes) is 1. The number of amides is 1. The van der Waals surface area contributed by atoms with Gasteiger partial charge in [-0.15, -0.1) is 0 Å². The first-order chi connectivity index (χ1) is 9.79. The van der Waals surface area contributed by atoms with Gasteiger partial charge in [0.15, 0.2) is 5.88 Å². The van der Waals surface area contributed by atoms with Crippen LogP contribution in [-0.2, 0) is 4.79 Å². The molecule has 0 atom stereocenters. The molecule has 0 bridgehead atoms. The van der Waals surface area contributed by atoms with Crippen LogP contribution in [0.1, 0.15) is 51.2 Å². The molecule has 0 aromatic carbocycles. The van der Waals surface area contributed by atoms with Crippen LogP contribution in [0.2, 0.25) is 0 Å². The third-order valence-electron chi connectivity index (χ3n) is 3.42. The quantitative estimate of drug-likeness (QED) is 0.642. The van der Waals surface area contributed by atoms with Crippen LogP contribution in [0, 0.1) is 0 Å². The van der Waals surface area contributed by atoms with Gasteiger partial charge in [0.05, 0.1) is 6.21 Å². The Morgan fingerprint density at radius 2 is 2.20 bits per heavy atom. The van der Waals surface area contributed by atoms with E-state index in [0.29, 0.717) is 12.2 Å². The normalized spacial score (nSPS) is 15.8. The zero-order valence-corrected chi connectivity index (χ0v) is 12.1. The van der Waals surface area contributed by atoms with Crippen molar-refractivity contribution in [3.63, 3.8) is 0 Å². The number of carbonyl (C=O) groups excluding carboxylic acids is 1. The van der Waals surface area contributed by atoms with Gasteiger partial charge in [0, 0.05) is 25.6 Å². The molecule has 5 nitrogen and oxygen atoms in total. The van der Waals surface area contributed by atoms with Gasteiger partial charge in [-0.2, -0.15) is 5.10 Å². The Morgan fingerprint density at radius 3 is 2.95 bits per heavy atom. The van der Waals surface area contributed by atoms with Crippen LogP contribution in [0.4, 0.5) is 5.88 Å². The maximum absolute atomic E-state index is 11.4. The highest BCUT2D eigenvalue weighted by atomic mass is 16.4. The maximum atomic E-state index is 11.4. The SMILES string of the molecule is CCCCC(=O)NN=Cc1ccc(N2CCCCC2)o1. The Labute approximate surface area is 120 Å². The van der Waals surface area contributed by atoms with Crippen molar-refractivity contribution < 1.29 is 9.21 Å². The summed E-state index contributed by atoms with van der Waals surface area (Å²) in [5, 5.41) is 3.92. The van der Waals surface area contributed by atoms with Crippen molar-refractivity contribution in [1.82, 2.24) is 5.43 Å². The van der Waals surface area contributed by atoms with Crippen LogP contribution in [-0.4, -0.2) is 25.2 Å². The molecule has 0 spiro atoms. The Hall–Kier alpha value is -1.78. The fraction of sp³-hybridized carbons (Fsp3) is 0.600. The first kappa shape index (κ1) is 14.6. The second-order valence-corrected chi connectivity index (χ2v) is 5.12. The second-order valence-electron chi connectivity index (χ2n) is 5.12. The van der Waals surface area contributed by atoms with Crippen molar-refractivity contribution in [2.45, 2.75) is 45.4 Å². The summed E-state index contributed by atoms with van der Waals surface area (Å²) >= 11 is 0. The Morgan fingerprint density at radius 1 is 1.40 bits per heavy atom. The average Bonchev–Trinajstić information content (AvgIpc) is 2.95. The minimum Gasteiger partial charge on any atom is -0.440 e. The lowest BCUT2D eigenvalue weighted by Crippen LogP contribution is -2.28. The minimum absolute atomic E-state index is 0.0501. The van der Waals surface area contributed by atoms with Gasteiger partial charge in [-0.1, -0.05) is 13.3 Å². The molecular formula is C15H23N3O2. The molecule has 1 fully saturated rings. The molecule has 2 heterocycles. The third-order valence-corrected chi connectivity index (χ3v) is 3.42. The highest BCUT2D eigenvalue weighted by Crippen LogP contribution is 2.21. The first-order valence-corrected chi connectivity index (χ1v) is 7.46. The molecule has 1 aromatic heterocycles. The summed E-state index contributed by atoms with van der Waals surface area (Å²) < 4.78 is 5.71. The molecule has 5 heteroatoms. The fourth-order valence-corrected chi connectivity index (χ4v) is 2.26. The average molecular weight is 277 g/mol. The van der Waals surface area contributed by atoms with Crippen molar-refractivity contribution in [1.29, 1.82) is 0 Å². The standard InChI is InChI=1S/C15H23N3O2/c1-2-3-7-14(19)17-16-12-13-8-9-15(20-13)18-10-5-4-6-11-18/h8-9,12H,2-7,10-11H2,1H3,(H,17,19). The number of piperidine rings is 1. The summed E-state index contributed by atoms with van der Waals surface area (Å²) in [6.07, 6.45) is 7.71. The summed E-state index contributed by atoms with van der Waals surface area (Å²) in [5.74, 6) is 1.51. The number of rotatable bonds is 6. The molecule has 1 N–H and O–H groups in total. The van der Waals surface area contributed by atoms with Crippen molar-refractivity contribution >= 4 is 18.0 Å². The summed E-state index contributed by atoms with van der Waals surface area (Å²) in [4.78, 5) is 13.6. The van der Waals surface area contributed by atoms with Gasteiger partial charge in [0.1, 0.15) is 5.76 Å². The Balaban J connectivity index is 1.81. The van der Waals surface area contributed by atoms with Gasteiger partial charge in [-0.25, -0.2) is 5.43 Å². The van der Waals surface area contributed by atoms with E-state index in [1.165, 1.54) is 19.3 Å². The summed E-state index contributed by atoms with van der Waals surface area (Å²) in [5.41, 5.74) is 2.51. The summed E-state index contributed by atoms with van der Waals surface area (Å²) in [6, 6.07) is 3.84. The van der Waals surface area contributed by atoms with Gasteiger partial charge < -0.3 is 9.32 Å². The maximum Gasteiger partial charge on any atom is 0.240 e. The first-order valence-electron chi connectivity index (χ1n) is 7.46. The number of hydrogen-bond acceptors (Lipinski definition) is 4. The minimum atomic E-state index is -0.0501. The van der Waals surface area contributed by atoms with E-state index in [9.17, 15) is 4.79 Å². The van der Waals surface area contributed by atoms with E-state index < -0.39 is 0 Å². The van der Waals surface area contributed by atoms with Gasteiger partial charge in [0.25, 0.3) is 0 Å². The van der Waals surface area contributed by atoms with Crippen molar-refractivity contribution in [2.24, 2.45) is 5.10 Å². The third kappa shape index (κ3) is 4.40. The number of nitrogens with one attached hydrogen (secondary N) is 1. The lowest BCUT2D eigenvalue weighted by molar-refractivity contribution is -0.121. The molecule has 110 valence electrons. The smallest absolute Gasteiger partial charge is 0.240 e. The van der Waals surface area contributed by atoms with Gasteiger partial charge >= 0.3 is 0 Å². The lowest BCUT2D eigenvalue weighted by atomic mass is 10.1. The zero-order chi connectivity index (χ0) is 14.2. The van der Waals surface area contributed by atoms with Gasteiger partial charge in [-0.3, -0.25) is 4.79 Å². The number of furan rings is 1. The van der Waals surface area contributed by atoms with E-state index in [1.807, 2.05) is 12.1 Å². The lowest BCUT2D eigenvalue weighted by Gasteiger charge is -2.25. The van der Waals surface area contributed by atoms with Crippen LogP contribution >= 0.6 is 0 Å². The molecule has 1 saturated heterocycles. The predicted molar refractivity (Wildman–Crippen MR) is 80.0 cm³/mol. The molecular weight excluding hydrogens is 254 g/mol. The molecule has 20 heavy (non-hydrogen) atoms. The van der Waals surface area contributed by atoms with E-state index >= 15 is 0 Å². The van der Waals surface area contributed by atoms with E-state index in [2.05, 4.69) is 22.4 Å². The molecule has 0 unspecified atom stereocenters.